The lowest BCUT2D eigenvalue weighted by molar-refractivity contribution is -0.181. The van der Waals surface area contributed by atoms with Gasteiger partial charge in [-0.3, -0.25) is 9.36 Å². The molecule has 0 fully saturated rings. The highest BCUT2D eigenvalue weighted by Gasteiger charge is 2.46. The number of carbonyl (C=O) groups excluding carboxylic acids is 1. The second-order valence-electron chi connectivity index (χ2n) is 4.31. The number of carbonyl (C=O) groups is 1. The molecular weight excluding hydrogens is 296 g/mol. The van der Waals surface area contributed by atoms with Gasteiger partial charge in [-0.1, -0.05) is 19.8 Å². The van der Waals surface area contributed by atoms with Crippen LogP contribution in [0, 0.1) is 5.92 Å². The summed E-state index contributed by atoms with van der Waals surface area (Å²) < 4.78 is 60.3. The molecule has 0 aromatic rings. The van der Waals surface area contributed by atoms with Crippen molar-refractivity contribution in [2.24, 2.45) is 5.92 Å². The Morgan fingerprint density at radius 1 is 1.15 bits per heavy atom. The third-order valence-corrected chi connectivity index (χ3v) is 4.63. The van der Waals surface area contributed by atoms with Crippen LogP contribution in [0.4, 0.5) is 13.2 Å². The Labute approximate surface area is 117 Å². The van der Waals surface area contributed by atoms with E-state index in [1.165, 1.54) is 13.8 Å². The van der Waals surface area contributed by atoms with Crippen molar-refractivity contribution in [2.45, 2.75) is 46.2 Å². The van der Waals surface area contributed by atoms with Crippen LogP contribution in [-0.2, 0) is 18.4 Å². The van der Waals surface area contributed by atoms with Crippen LogP contribution in [-0.4, -0.2) is 31.3 Å². The van der Waals surface area contributed by atoms with E-state index in [1.807, 2.05) is 0 Å². The molecule has 0 aliphatic rings. The maximum absolute atomic E-state index is 12.8. The van der Waals surface area contributed by atoms with Gasteiger partial charge in [0.2, 0.25) is 0 Å². The number of hydrogen-bond acceptors (Lipinski definition) is 4. The summed E-state index contributed by atoms with van der Waals surface area (Å²) in [6.07, 6.45) is -4.92. The summed E-state index contributed by atoms with van der Waals surface area (Å²) in [6.45, 7) is 4.83. The van der Waals surface area contributed by atoms with Crippen LogP contribution in [0.15, 0.2) is 0 Å². The molecule has 20 heavy (non-hydrogen) atoms. The monoisotopic (exact) mass is 318 g/mol. The van der Waals surface area contributed by atoms with Gasteiger partial charge in [-0.2, -0.15) is 13.2 Å². The normalized spacial score (nSPS) is 14.3. The second-order valence-corrected chi connectivity index (χ2v) is 6.36. The van der Waals surface area contributed by atoms with Gasteiger partial charge in [0.25, 0.3) is 0 Å². The molecule has 0 bridgehead atoms. The highest BCUT2D eigenvalue weighted by atomic mass is 31.2. The molecule has 0 saturated heterocycles. The van der Waals surface area contributed by atoms with Crippen LogP contribution in [0.2, 0.25) is 0 Å². The number of unbranched alkanes of at least 4 members (excludes halogenated alkanes) is 1. The summed E-state index contributed by atoms with van der Waals surface area (Å²) in [7, 11) is -3.78. The zero-order chi connectivity index (χ0) is 15.8. The van der Waals surface area contributed by atoms with Crippen molar-refractivity contribution < 1.29 is 31.6 Å². The molecule has 0 aliphatic heterocycles. The molecule has 4 nitrogen and oxygen atoms in total. The van der Waals surface area contributed by atoms with Crippen LogP contribution in [0.1, 0.15) is 40.0 Å². The minimum Gasteiger partial charge on any atom is -0.309 e. The predicted octanol–water partition coefficient (Wildman–Crippen LogP) is 4.19. The molecule has 1 atom stereocenters. The molecule has 0 aromatic heterocycles. The molecule has 0 N–H and O–H groups in total. The number of alkyl halides is 3. The minimum atomic E-state index is -4.63. The summed E-state index contributed by atoms with van der Waals surface area (Å²) in [4.78, 5) is 11.8. The van der Waals surface area contributed by atoms with Crippen LogP contribution < -0.4 is 0 Å². The average molecular weight is 318 g/mol. The lowest BCUT2D eigenvalue weighted by Gasteiger charge is -2.22. The van der Waals surface area contributed by atoms with Crippen LogP contribution in [0.5, 0.6) is 0 Å². The van der Waals surface area contributed by atoms with Crippen LogP contribution >= 0.6 is 7.60 Å². The van der Waals surface area contributed by atoms with Gasteiger partial charge in [-0.25, -0.2) is 0 Å². The van der Waals surface area contributed by atoms with Crippen molar-refractivity contribution in [1.82, 2.24) is 0 Å². The fourth-order valence-electron chi connectivity index (χ4n) is 1.74. The Hall–Kier alpha value is -0.390. The summed E-state index contributed by atoms with van der Waals surface area (Å²) >= 11 is 0. The number of rotatable bonds is 10. The maximum atomic E-state index is 12.8. The van der Waals surface area contributed by atoms with Gasteiger partial charge >= 0.3 is 13.8 Å². The Morgan fingerprint density at radius 2 is 1.65 bits per heavy atom. The van der Waals surface area contributed by atoms with Crippen molar-refractivity contribution in [1.29, 1.82) is 0 Å². The third kappa shape index (κ3) is 6.86. The first-order valence-corrected chi connectivity index (χ1v) is 8.40. The Balaban J connectivity index is 4.92. The molecule has 0 saturated carbocycles. The van der Waals surface area contributed by atoms with Gasteiger partial charge in [0.15, 0.2) is 5.78 Å². The van der Waals surface area contributed by atoms with Crippen molar-refractivity contribution in [2.75, 3.05) is 19.4 Å². The SMILES string of the molecule is CCCCC(C(=O)CP(=O)(OCC)OCC)C(F)(F)F. The van der Waals surface area contributed by atoms with Gasteiger partial charge in [0.05, 0.1) is 13.2 Å². The molecule has 0 aromatic carbocycles. The summed E-state index contributed by atoms with van der Waals surface area (Å²) in [6, 6.07) is 0. The first kappa shape index (κ1) is 19.6. The van der Waals surface area contributed by atoms with Gasteiger partial charge < -0.3 is 9.05 Å². The molecule has 0 amide bonds. The molecule has 8 heteroatoms. The molecule has 0 radical (unpaired) electrons. The van der Waals surface area contributed by atoms with E-state index in [2.05, 4.69) is 0 Å². The zero-order valence-corrected chi connectivity index (χ0v) is 12.9. The highest BCUT2D eigenvalue weighted by Crippen LogP contribution is 2.49. The number of ketones is 1. The largest absolute Gasteiger partial charge is 0.398 e. The Kier molecular flexibility index (Phi) is 8.63. The standard InChI is InChI=1S/C12H22F3O4P/c1-4-7-8-10(12(13,14)15)11(16)9-20(17,18-5-2)19-6-3/h10H,4-9H2,1-3H3. The van der Waals surface area contributed by atoms with E-state index in [4.69, 9.17) is 9.05 Å². The maximum Gasteiger partial charge on any atom is 0.398 e. The van der Waals surface area contributed by atoms with E-state index < -0.39 is 31.6 Å². The van der Waals surface area contributed by atoms with E-state index in [-0.39, 0.29) is 26.1 Å². The smallest absolute Gasteiger partial charge is 0.309 e. The van der Waals surface area contributed by atoms with Crippen molar-refractivity contribution >= 4 is 13.4 Å². The van der Waals surface area contributed by atoms with Gasteiger partial charge in [0, 0.05) is 0 Å². The number of hydrogen-bond donors (Lipinski definition) is 0. The molecule has 0 heterocycles. The van der Waals surface area contributed by atoms with E-state index >= 15 is 0 Å². The first-order valence-electron chi connectivity index (χ1n) is 6.67. The number of halogens is 3. The predicted molar refractivity (Wildman–Crippen MR) is 69.8 cm³/mol. The fourth-order valence-corrected chi connectivity index (χ4v) is 3.38. The Morgan fingerprint density at radius 3 is 2.00 bits per heavy atom. The third-order valence-electron chi connectivity index (χ3n) is 2.63. The zero-order valence-electron chi connectivity index (χ0n) is 12.0. The second kappa shape index (κ2) is 8.80. The molecule has 0 spiro atoms. The first-order chi connectivity index (χ1) is 9.20. The lowest BCUT2D eigenvalue weighted by Crippen LogP contribution is -2.33. The molecule has 1 unspecified atom stereocenters. The molecular formula is C12H22F3O4P. The number of Topliss-reactive ketones (excluding diaryl/α,β-unsaturated/α-hetero) is 1. The van der Waals surface area contributed by atoms with Crippen molar-refractivity contribution in [3.63, 3.8) is 0 Å². The highest BCUT2D eigenvalue weighted by molar-refractivity contribution is 7.54. The van der Waals surface area contributed by atoms with E-state index in [0.29, 0.717) is 6.42 Å². The summed E-state index contributed by atoms with van der Waals surface area (Å²) in [5.41, 5.74) is 0. The minimum absolute atomic E-state index is 0.0101. The fraction of sp³-hybridized carbons (Fsp3) is 0.917. The van der Waals surface area contributed by atoms with E-state index in [1.54, 1.807) is 6.92 Å². The molecule has 0 rings (SSSR count). The quantitative estimate of drug-likeness (QED) is 0.567. The lowest BCUT2D eigenvalue weighted by atomic mass is 9.98. The van der Waals surface area contributed by atoms with Gasteiger partial charge in [-0.05, 0) is 20.3 Å². The van der Waals surface area contributed by atoms with Crippen molar-refractivity contribution in [3.8, 4) is 0 Å². The summed E-state index contributed by atoms with van der Waals surface area (Å²) in [5, 5.41) is 0. The van der Waals surface area contributed by atoms with Crippen LogP contribution in [0.3, 0.4) is 0 Å². The molecule has 120 valence electrons. The van der Waals surface area contributed by atoms with E-state index in [0.717, 1.165) is 0 Å². The average Bonchev–Trinajstić information content (AvgIpc) is 2.27. The van der Waals surface area contributed by atoms with Crippen LogP contribution in [0.25, 0.3) is 0 Å². The van der Waals surface area contributed by atoms with Gasteiger partial charge in [-0.15, -0.1) is 0 Å². The molecule has 0 aliphatic carbocycles. The summed E-state index contributed by atoms with van der Waals surface area (Å²) in [5.74, 6) is -3.23. The Bertz CT molecular complexity index is 334. The topological polar surface area (TPSA) is 52.6 Å². The van der Waals surface area contributed by atoms with E-state index in [9.17, 15) is 22.5 Å². The van der Waals surface area contributed by atoms with Gasteiger partial charge in [0.1, 0.15) is 12.1 Å². The van der Waals surface area contributed by atoms with Crippen molar-refractivity contribution in [3.05, 3.63) is 0 Å².